The van der Waals surface area contributed by atoms with Crippen LogP contribution in [0.1, 0.15) is 22.4 Å². The topological polar surface area (TPSA) is 17.3 Å². The number of rotatable bonds is 1. The number of pyridine rings is 1. The molecule has 0 spiro atoms. The Kier molecular flexibility index (Phi) is 3.38. The van der Waals surface area contributed by atoms with Crippen molar-refractivity contribution in [2.75, 3.05) is 0 Å². The minimum Gasteiger partial charge on any atom is -0.296 e. The van der Waals surface area contributed by atoms with Gasteiger partial charge in [-0.1, -0.05) is 54.1 Å². The van der Waals surface area contributed by atoms with Crippen LogP contribution in [0.4, 0.5) is 0 Å². The van der Waals surface area contributed by atoms with Crippen molar-refractivity contribution in [2.24, 2.45) is 0 Å². The van der Waals surface area contributed by atoms with Gasteiger partial charge in [-0.2, -0.15) is 0 Å². The Morgan fingerprint density at radius 3 is 2.26 bits per heavy atom. The molecule has 0 bridgehead atoms. The van der Waals surface area contributed by atoms with E-state index in [1.807, 2.05) is 6.20 Å². The molecule has 0 N–H and O–H groups in total. The number of aryl methyl sites for hydroxylation is 4. The molecule has 5 aromatic rings. The molecule has 27 heavy (non-hydrogen) atoms. The third-order valence-corrected chi connectivity index (χ3v) is 5.60. The quantitative estimate of drug-likeness (QED) is 0.314. The van der Waals surface area contributed by atoms with Crippen LogP contribution in [0, 0.1) is 27.7 Å². The summed E-state index contributed by atoms with van der Waals surface area (Å²) in [5.74, 6) is 0. The van der Waals surface area contributed by atoms with Gasteiger partial charge in [-0.3, -0.25) is 4.40 Å². The Balaban J connectivity index is 2.06. The van der Waals surface area contributed by atoms with Gasteiger partial charge in [0.1, 0.15) is 5.65 Å². The normalized spacial score (nSPS) is 11.7. The standard InChI is InChI=1S/C25H22N2/c1-15-12-16(2)23(17(3)13-15)20-9-7-10-21-24(20)19-8-5-6-11-22(19)27-18(4)14-26-25(21)27/h5-14H,1-4H3. The van der Waals surface area contributed by atoms with E-state index >= 15 is 0 Å². The van der Waals surface area contributed by atoms with Crippen molar-refractivity contribution in [1.82, 2.24) is 9.38 Å². The highest BCUT2D eigenvalue weighted by atomic mass is 15.0. The van der Waals surface area contributed by atoms with Gasteiger partial charge in [0.25, 0.3) is 0 Å². The van der Waals surface area contributed by atoms with Gasteiger partial charge in [-0.05, 0) is 56.0 Å². The highest BCUT2D eigenvalue weighted by Gasteiger charge is 2.16. The second-order valence-corrected chi connectivity index (χ2v) is 7.58. The summed E-state index contributed by atoms with van der Waals surface area (Å²) in [5.41, 5.74) is 9.99. The molecule has 3 aromatic carbocycles. The highest BCUT2D eigenvalue weighted by molar-refractivity contribution is 6.18. The third-order valence-electron chi connectivity index (χ3n) is 5.60. The van der Waals surface area contributed by atoms with Crippen molar-refractivity contribution in [3.8, 4) is 11.1 Å². The summed E-state index contributed by atoms with van der Waals surface area (Å²) in [4.78, 5) is 4.75. The number of imidazole rings is 1. The van der Waals surface area contributed by atoms with E-state index in [1.54, 1.807) is 0 Å². The van der Waals surface area contributed by atoms with Crippen LogP contribution < -0.4 is 0 Å². The maximum atomic E-state index is 4.75. The van der Waals surface area contributed by atoms with Gasteiger partial charge in [-0.25, -0.2) is 4.98 Å². The molecule has 0 aliphatic rings. The van der Waals surface area contributed by atoms with Crippen molar-refractivity contribution in [2.45, 2.75) is 27.7 Å². The fourth-order valence-corrected chi connectivity index (χ4v) is 4.65. The Morgan fingerprint density at radius 1 is 0.778 bits per heavy atom. The monoisotopic (exact) mass is 350 g/mol. The van der Waals surface area contributed by atoms with Crippen molar-refractivity contribution in [3.63, 3.8) is 0 Å². The Hall–Kier alpha value is -3.13. The number of hydrogen-bond acceptors (Lipinski definition) is 1. The van der Waals surface area contributed by atoms with Crippen LogP contribution in [0.3, 0.4) is 0 Å². The number of benzene rings is 3. The van der Waals surface area contributed by atoms with Gasteiger partial charge >= 0.3 is 0 Å². The van der Waals surface area contributed by atoms with E-state index in [-0.39, 0.29) is 0 Å². The summed E-state index contributed by atoms with van der Waals surface area (Å²) in [7, 11) is 0. The summed E-state index contributed by atoms with van der Waals surface area (Å²) < 4.78 is 2.27. The number of fused-ring (bicyclic) bond motifs is 6. The van der Waals surface area contributed by atoms with E-state index in [4.69, 9.17) is 4.98 Å². The van der Waals surface area contributed by atoms with E-state index in [9.17, 15) is 0 Å². The minimum absolute atomic E-state index is 1.03. The van der Waals surface area contributed by atoms with Crippen LogP contribution in [-0.2, 0) is 0 Å². The first-order valence-corrected chi connectivity index (χ1v) is 9.42. The Bertz CT molecular complexity index is 1330. The molecular weight excluding hydrogens is 328 g/mol. The summed E-state index contributed by atoms with van der Waals surface area (Å²) in [6.45, 7) is 8.72. The van der Waals surface area contributed by atoms with Crippen LogP contribution in [0.25, 0.3) is 38.4 Å². The fourth-order valence-electron chi connectivity index (χ4n) is 4.65. The van der Waals surface area contributed by atoms with E-state index in [0.717, 1.165) is 11.3 Å². The van der Waals surface area contributed by atoms with Crippen LogP contribution in [-0.4, -0.2) is 9.38 Å². The Labute approximate surface area is 159 Å². The summed E-state index contributed by atoms with van der Waals surface area (Å²) in [6, 6.07) is 19.8. The summed E-state index contributed by atoms with van der Waals surface area (Å²) in [6.07, 6.45) is 1.97. The molecule has 0 aliphatic heterocycles. The van der Waals surface area contributed by atoms with Crippen molar-refractivity contribution in [1.29, 1.82) is 0 Å². The zero-order chi connectivity index (χ0) is 18.7. The predicted octanol–water partition coefficient (Wildman–Crippen LogP) is 6.54. The van der Waals surface area contributed by atoms with Gasteiger partial charge in [0, 0.05) is 28.0 Å². The van der Waals surface area contributed by atoms with Crippen LogP contribution in [0.15, 0.2) is 60.8 Å². The van der Waals surface area contributed by atoms with Gasteiger partial charge in [0.05, 0.1) is 5.52 Å². The molecule has 2 heterocycles. The second kappa shape index (κ2) is 5.68. The number of hydrogen-bond donors (Lipinski definition) is 0. The molecule has 0 atom stereocenters. The largest absolute Gasteiger partial charge is 0.296 e. The average Bonchev–Trinajstić information content (AvgIpc) is 3.03. The first-order valence-electron chi connectivity index (χ1n) is 9.42. The van der Waals surface area contributed by atoms with Crippen molar-refractivity contribution in [3.05, 3.63) is 83.2 Å². The molecule has 0 fully saturated rings. The number of para-hydroxylation sites is 1. The van der Waals surface area contributed by atoms with Crippen LogP contribution >= 0.6 is 0 Å². The fraction of sp³-hybridized carbons (Fsp3) is 0.160. The summed E-state index contributed by atoms with van der Waals surface area (Å²) >= 11 is 0. The smallest absolute Gasteiger partial charge is 0.145 e. The van der Waals surface area contributed by atoms with Crippen LogP contribution in [0.2, 0.25) is 0 Å². The molecule has 0 aliphatic carbocycles. The zero-order valence-electron chi connectivity index (χ0n) is 16.2. The first-order chi connectivity index (χ1) is 13.1. The molecule has 0 amide bonds. The molecule has 0 saturated heterocycles. The lowest BCUT2D eigenvalue weighted by Gasteiger charge is -2.17. The molecule has 0 radical (unpaired) electrons. The van der Waals surface area contributed by atoms with Crippen molar-refractivity contribution < 1.29 is 0 Å². The van der Waals surface area contributed by atoms with Gasteiger partial charge in [0.2, 0.25) is 0 Å². The lowest BCUT2D eigenvalue weighted by Crippen LogP contribution is -1.96. The van der Waals surface area contributed by atoms with Gasteiger partial charge < -0.3 is 0 Å². The highest BCUT2D eigenvalue weighted by Crippen LogP contribution is 2.39. The molecule has 0 saturated carbocycles. The molecule has 132 valence electrons. The molecule has 2 nitrogen and oxygen atoms in total. The lowest BCUT2D eigenvalue weighted by atomic mass is 9.89. The molecule has 5 rings (SSSR count). The Morgan fingerprint density at radius 2 is 1.48 bits per heavy atom. The van der Waals surface area contributed by atoms with Gasteiger partial charge in [-0.15, -0.1) is 0 Å². The van der Waals surface area contributed by atoms with Crippen LogP contribution in [0.5, 0.6) is 0 Å². The SMILES string of the molecule is Cc1cc(C)c(-c2cccc3c2c2ccccc2n2c(C)cnc32)c(C)c1. The number of nitrogens with zero attached hydrogens (tertiary/aromatic N) is 2. The molecule has 2 aromatic heterocycles. The van der Waals surface area contributed by atoms with Crippen molar-refractivity contribution >= 4 is 27.3 Å². The van der Waals surface area contributed by atoms with Gasteiger partial charge in [0.15, 0.2) is 0 Å². The predicted molar refractivity (Wildman–Crippen MR) is 115 cm³/mol. The summed E-state index contributed by atoms with van der Waals surface area (Å²) in [5, 5.41) is 3.77. The van der Waals surface area contributed by atoms with E-state index in [1.165, 1.54) is 49.5 Å². The van der Waals surface area contributed by atoms with E-state index in [0.29, 0.717) is 0 Å². The molecule has 0 unspecified atom stereocenters. The third kappa shape index (κ3) is 2.23. The molecular formula is C25H22N2. The number of aromatic nitrogens is 2. The molecule has 2 heteroatoms. The van der Waals surface area contributed by atoms with E-state index < -0.39 is 0 Å². The lowest BCUT2D eigenvalue weighted by molar-refractivity contribution is 1.17. The maximum absolute atomic E-state index is 4.75. The second-order valence-electron chi connectivity index (χ2n) is 7.58. The first kappa shape index (κ1) is 16.1. The average molecular weight is 350 g/mol. The minimum atomic E-state index is 1.03. The van der Waals surface area contributed by atoms with E-state index in [2.05, 4.69) is 86.7 Å². The maximum Gasteiger partial charge on any atom is 0.145 e. The zero-order valence-corrected chi connectivity index (χ0v) is 16.2.